The molecule has 1 aromatic carbocycles. The van der Waals surface area contributed by atoms with E-state index in [0.29, 0.717) is 16.7 Å². The molecule has 0 amide bonds. The van der Waals surface area contributed by atoms with Gasteiger partial charge in [-0.25, -0.2) is 0 Å². The minimum Gasteiger partial charge on any atom is -0.492 e. The number of rotatable bonds is 14. The van der Waals surface area contributed by atoms with Crippen molar-refractivity contribution in [3.63, 3.8) is 0 Å². The van der Waals surface area contributed by atoms with E-state index in [1.807, 2.05) is 13.0 Å². The summed E-state index contributed by atoms with van der Waals surface area (Å²) in [5.41, 5.74) is 1.02. The van der Waals surface area contributed by atoms with Crippen molar-refractivity contribution in [1.82, 2.24) is 10.2 Å². The second-order valence-electron chi connectivity index (χ2n) is 6.39. The first kappa shape index (κ1) is 29.3. The van der Waals surface area contributed by atoms with E-state index in [1.54, 1.807) is 6.07 Å². The minimum atomic E-state index is 0. The Labute approximate surface area is 188 Å². The highest BCUT2D eigenvalue weighted by atomic mass is 35.5. The van der Waals surface area contributed by atoms with Gasteiger partial charge in [-0.3, -0.25) is 0 Å². The monoisotopic (exact) mass is 460 g/mol. The Kier molecular flexibility index (Phi) is 19.7. The SMILES string of the molecule is CCCCN(CCCC)CCCNCc1cc(Cl)cc(Cl)c1OCC.Cl.Cl. The highest BCUT2D eigenvalue weighted by Crippen LogP contribution is 2.32. The Morgan fingerprint density at radius 1 is 0.926 bits per heavy atom. The molecule has 0 atom stereocenters. The number of hydrogen-bond acceptors (Lipinski definition) is 3. The molecule has 0 aliphatic heterocycles. The average Bonchev–Trinajstić information content (AvgIpc) is 2.59. The Bertz CT molecular complexity index is 481. The summed E-state index contributed by atoms with van der Waals surface area (Å²) in [5, 5.41) is 4.73. The molecule has 0 saturated carbocycles. The lowest BCUT2D eigenvalue weighted by Crippen LogP contribution is -2.29. The van der Waals surface area contributed by atoms with E-state index in [-0.39, 0.29) is 24.8 Å². The van der Waals surface area contributed by atoms with Gasteiger partial charge in [0.1, 0.15) is 5.75 Å². The molecule has 1 aromatic rings. The van der Waals surface area contributed by atoms with Crippen molar-refractivity contribution in [1.29, 1.82) is 0 Å². The van der Waals surface area contributed by atoms with E-state index in [1.165, 1.54) is 38.8 Å². The molecule has 0 unspecified atom stereocenters. The zero-order valence-corrected chi connectivity index (χ0v) is 20.0. The van der Waals surface area contributed by atoms with Crippen LogP contribution in [-0.2, 0) is 6.54 Å². The van der Waals surface area contributed by atoms with E-state index >= 15 is 0 Å². The van der Waals surface area contributed by atoms with Crippen molar-refractivity contribution in [3.8, 4) is 5.75 Å². The van der Waals surface area contributed by atoms with Gasteiger partial charge in [-0.1, -0.05) is 49.9 Å². The number of halogens is 4. The molecule has 0 heterocycles. The Balaban J connectivity index is 0. The molecule has 0 spiro atoms. The van der Waals surface area contributed by atoms with Crippen LogP contribution >= 0.6 is 48.0 Å². The fourth-order valence-corrected chi connectivity index (χ4v) is 3.39. The summed E-state index contributed by atoms with van der Waals surface area (Å²) < 4.78 is 5.67. The van der Waals surface area contributed by atoms with Crippen molar-refractivity contribution in [2.75, 3.05) is 32.8 Å². The number of benzene rings is 1. The van der Waals surface area contributed by atoms with Gasteiger partial charge >= 0.3 is 0 Å². The third-order valence-corrected chi connectivity index (χ3v) is 4.67. The van der Waals surface area contributed by atoms with Crippen molar-refractivity contribution in [3.05, 3.63) is 27.7 Å². The first-order valence-electron chi connectivity index (χ1n) is 9.66. The second kappa shape index (κ2) is 18.1. The van der Waals surface area contributed by atoms with Crippen molar-refractivity contribution >= 4 is 48.0 Å². The second-order valence-corrected chi connectivity index (χ2v) is 7.23. The third-order valence-electron chi connectivity index (χ3n) is 4.17. The number of nitrogens with zero attached hydrogens (tertiary/aromatic N) is 1. The van der Waals surface area contributed by atoms with Gasteiger partial charge in [-0.05, 0) is 64.5 Å². The van der Waals surface area contributed by atoms with Gasteiger partial charge in [0.2, 0.25) is 0 Å². The molecule has 0 bridgehead atoms. The summed E-state index contributed by atoms with van der Waals surface area (Å²) in [5.74, 6) is 0.744. The highest BCUT2D eigenvalue weighted by Gasteiger charge is 2.10. The van der Waals surface area contributed by atoms with Gasteiger partial charge in [0, 0.05) is 17.1 Å². The molecule has 0 aliphatic carbocycles. The van der Waals surface area contributed by atoms with Crippen molar-refractivity contribution in [2.24, 2.45) is 0 Å². The van der Waals surface area contributed by atoms with Crippen LogP contribution in [0.4, 0.5) is 0 Å². The zero-order chi connectivity index (χ0) is 18.5. The topological polar surface area (TPSA) is 24.5 Å². The molecule has 7 heteroatoms. The molecule has 0 saturated heterocycles. The summed E-state index contributed by atoms with van der Waals surface area (Å²) >= 11 is 12.4. The maximum atomic E-state index is 6.25. The molecule has 0 aromatic heterocycles. The normalized spacial score (nSPS) is 10.4. The number of unbranched alkanes of at least 4 members (excludes halogenated alkanes) is 2. The molecular weight excluding hydrogens is 426 g/mol. The molecule has 1 rings (SSSR count). The van der Waals surface area contributed by atoms with Crippen LogP contribution in [0.15, 0.2) is 12.1 Å². The first-order valence-corrected chi connectivity index (χ1v) is 10.4. The fourth-order valence-electron chi connectivity index (χ4n) is 2.80. The van der Waals surface area contributed by atoms with E-state index in [9.17, 15) is 0 Å². The standard InChI is InChI=1S/C20H34Cl2N2O.2ClH/c1-4-7-11-24(12-8-5-2)13-9-10-23-16-17-14-18(21)15-19(22)20(17)25-6-3;;/h14-15,23H,4-13,16H2,1-3H3;2*1H. The molecule has 160 valence electrons. The van der Waals surface area contributed by atoms with Crippen LogP contribution in [0, 0.1) is 0 Å². The summed E-state index contributed by atoms with van der Waals surface area (Å²) in [6.07, 6.45) is 6.24. The smallest absolute Gasteiger partial charge is 0.142 e. The van der Waals surface area contributed by atoms with Crippen LogP contribution in [0.1, 0.15) is 58.4 Å². The molecule has 27 heavy (non-hydrogen) atoms. The zero-order valence-electron chi connectivity index (χ0n) is 16.9. The third kappa shape index (κ3) is 12.3. The largest absolute Gasteiger partial charge is 0.492 e. The minimum absolute atomic E-state index is 0. The van der Waals surface area contributed by atoms with Crippen LogP contribution in [0.5, 0.6) is 5.75 Å². The lowest BCUT2D eigenvalue weighted by molar-refractivity contribution is 0.261. The van der Waals surface area contributed by atoms with Crippen LogP contribution in [0.25, 0.3) is 0 Å². The molecule has 0 aliphatic rings. The summed E-state index contributed by atoms with van der Waals surface area (Å²) in [7, 11) is 0. The van der Waals surface area contributed by atoms with Gasteiger partial charge in [0.05, 0.1) is 11.6 Å². The fraction of sp³-hybridized carbons (Fsp3) is 0.700. The summed E-state index contributed by atoms with van der Waals surface area (Å²) in [6.45, 7) is 12.4. The van der Waals surface area contributed by atoms with Crippen molar-refractivity contribution in [2.45, 2.75) is 59.4 Å². The van der Waals surface area contributed by atoms with Crippen LogP contribution in [0.3, 0.4) is 0 Å². The van der Waals surface area contributed by atoms with E-state index < -0.39 is 0 Å². The highest BCUT2D eigenvalue weighted by molar-refractivity contribution is 6.35. The Morgan fingerprint density at radius 3 is 2.07 bits per heavy atom. The maximum Gasteiger partial charge on any atom is 0.142 e. The summed E-state index contributed by atoms with van der Waals surface area (Å²) in [6, 6.07) is 3.66. The maximum absolute atomic E-state index is 6.25. The lowest BCUT2D eigenvalue weighted by atomic mass is 10.2. The molecular formula is C20H36Cl4N2O. The lowest BCUT2D eigenvalue weighted by Gasteiger charge is -2.22. The van der Waals surface area contributed by atoms with Gasteiger partial charge in [0.25, 0.3) is 0 Å². The number of nitrogens with one attached hydrogen (secondary N) is 1. The van der Waals surface area contributed by atoms with Crippen molar-refractivity contribution < 1.29 is 4.74 Å². The Morgan fingerprint density at radius 2 is 1.52 bits per heavy atom. The predicted octanol–water partition coefficient (Wildman–Crippen LogP) is 6.62. The average molecular weight is 462 g/mol. The van der Waals surface area contributed by atoms with Gasteiger partial charge in [-0.2, -0.15) is 0 Å². The molecule has 0 radical (unpaired) electrons. The van der Waals surface area contributed by atoms with E-state index in [4.69, 9.17) is 27.9 Å². The van der Waals surface area contributed by atoms with E-state index in [2.05, 4.69) is 24.1 Å². The molecule has 3 nitrogen and oxygen atoms in total. The first-order chi connectivity index (χ1) is 12.1. The number of ether oxygens (including phenoxy) is 1. The Hall–Kier alpha value is 0.1000. The van der Waals surface area contributed by atoms with E-state index in [0.717, 1.165) is 37.4 Å². The van der Waals surface area contributed by atoms with Gasteiger partial charge in [-0.15, -0.1) is 24.8 Å². The van der Waals surface area contributed by atoms with Gasteiger partial charge in [0.15, 0.2) is 0 Å². The summed E-state index contributed by atoms with van der Waals surface area (Å²) in [4.78, 5) is 2.59. The van der Waals surface area contributed by atoms with Crippen LogP contribution in [-0.4, -0.2) is 37.7 Å². The molecule has 1 N–H and O–H groups in total. The van der Waals surface area contributed by atoms with Crippen LogP contribution in [0.2, 0.25) is 10.0 Å². The van der Waals surface area contributed by atoms with Gasteiger partial charge < -0.3 is 15.0 Å². The predicted molar refractivity (Wildman–Crippen MR) is 125 cm³/mol. The number of hydrogen-bond donors (Lipinski definition) is 1. The molecule has 0 fully saturated rings. The quantitative estimate of drug-likeness (QED) is 0.315. The van der Waals surface area contributed by atoms with Crippen LogP contribution < -0.4 is 10.1 Å².